The second-order valence-corrected chi connectivity index (χ2v) is 8.05. The first-order valence-electron chi connectivity index (χ1n) is 9.67. The normalized spacial score (nSPS) is 16.7. The fourth-order valence-corrected chi connectivity index (χ4v) is 4.42. The summed E-state index contributed by atoms with van der Waals surface area (Å²) in [4.78, 5) is 11.7. The maximum absolute atomic E-state index is 6.66. The quantitative estimate of drug-likeness (QED) is 0.550. The van der Waals surface area contributed by atoms with Crippen LogP contribution in [-0.4, -0.2) is 50.0 Å². The molecule has 4 rings (SSSR count). The molecule has 2 aromatic heterocycles. The summed E-state index contributed by atoms with van der Waals surface area (Å²) >= 11 is 13.3. The zero-order chi connectivity index (χ0) is 21.4. The highest BCUT2D eigenvalue weighted by atomic mass is 35.5. The van der Waals surface area contributed by atoms with E-state index in [9.17, 15) is 0 Å². The number of morpholine rings is 1. The van der Waals surface area contributed by atoms with Crippen LogP contribution in [0, 0.1) is 6.92 Å². The molecule has 1 fully saturated rings. The van der Waals surface area contributed by atoms with E-state index in [-0.39, 0.29) is 6.10 Å². The Kier molecular flexibility index (Phi) is 5.91. The molecular formula is C22H23Cl2N3O3. The highest BCUT2D eigenvalue weighted by Crippen LogP contribution is 2.46. The Morgan fingerprint density at radius 1 is 1.10 bits per heavy atom. The van der Waals surface area contributed by atoms with Crippen molar-refractivity contribution < 1.29 is 14.2 Å². The number of aryl methyl sites for hydroxylation is 1. The predicted molar refractivity (Wildman–Crippen MR) is 120 cm³/mol. The van der Waals surface area contributed by atoms with Gasteiger partial charge in [-0.2, -0.15) is 0 Å². The van der Waals surface area contributed by atoms with Crippen LogP contribution in [0.4, 0.5) is 5.82 Å². The monoisotopic (exact) mass is 447 g/mol. The lowest BCUT2D eigenvalue weighted by atomic mass is 10.1. The molecule has 6 nitrogen and oxygen atoms in total. The van der Waals surface area contributed by atoms with Crippen molar-refractivity contribution >= 4 is 39.8 Å². The van der Waals surface area contributed by atoms with E-state index < -0.39 is 0 Å². The van der Waals surface area contributed by atoms with E-state index in [0.29, 0.717) is 39.4 Å². The van der Waals surface area contributed by atoms with Gasteiger partial charge in [-0.15, -0.1) is 0 Å². The van der Waals surface area contributed by atoms with Crippen LogP contribution in [-0.2, 0) is 4.74 Å². The van der Waals surface area contributed by atoms with Crippen molar-refractivity contribution in [2.45, 2.75) is 20.0 Å². The summed E-state index contributed by atoms with van der Waals surface area (Å²) in [6, 6.07) is 5.67. The number of nitrogens with zero attached hydrogens (tertiary/aromatic N) is 3. The summed E-state index contributed by atoms with van der Waals surface area (Å²) < 4.78 is 16.6. The van der Waals surface area contributed by atoms with Crippen molar-refractivity contribution in [3.05, 3.63) is 40.1 Å². The molecule has 1 atom stereocenters. The lowest BCUT2D eigenvalue weighted by molar-refractivity contribution is 0.0530. The molecule has 0 spiro atoms. The number of hydrogen-bond donors (Lipinski definition) is 0. The summed E-state index contributed by atoms with van der Waals surface area (Å²) in [5.74, 6) is 1.80. The number of aromatic nitrogens is 2. The minimum atomic E-state index is 0.117. The van der Waals surface area contributed by atoms with Crippen LogP contribution in [0.25, 0.3) is 22.0 Å². The number of rotatable bonds is 4. The minimum Gasteiger partial charge on any atom is -0.495 e. The van der Waals surface area contributed by atoms with Gasteiger partial charge in [0.2, 0.25) is 0 Å². The van der Waals surface area contributed by atoms with Gasteiger partial charge in [0.25, 0.3) is 0 Å². The molecule has 0 saturated carbocycles. The van der Waals surface area contributed by atoms with Crippen molar-refractivity contribution in [1.29, 1.82) is 0 Å². The van der Waals surface area contributed by atoms with E-state index in [1.54, 1.807) is 20.3 Å². The first kappa shape index (κ1) is 21.0. The van der Waals surface area contributed by atoms with Crippen LogP contribution in [0.15, 0.2) is 24.4 Å². The SMILES string of the molecule is COc1cc(OC)c(Cl)c(-c2cc3cnc(C)cc3c(N3CCOC(C)C3)n2)c1Cl. The number of benzene rings is 1. The second-order valence-electron chi connectivity index (χ2n) is 7.29. The first-order chi connectivity index (χ1) is 14.4. The highest BCUT2D eigenvalue weighted by molar-refractivity contribution is 6.41. The van der Waals surface area contributed by atoms with E-state index in [0.717, 1.165) is 35.4 Å². The largest absolute Gasteiger partial charge is 0.495 e. The van der Waals surface area contributed by atoms with Gasteiger partial charge in [-0.05, 0) is 26.0 Å². The van der Waals surface area contributed by atoms with Crippen molar-refractivity contribution in [1.82, 2.24) is 9.97 Å². The molecule has 1 aliphatic heterocycles. The summed E-state index contributed by atoms with van der Waals surface area (Å²) in [6.07, 6.45) is 1.97. The maximum atomic E-state index is 6.66. The molecule has 8 heteroatoms. The molecule has 0 bridgehead atoms. The van der Waals surface area contributed by atoms with Crippen molar-refractivity contribution in [2.75, 3.05) is 38.8 Å². The van der Waals surface area contributed by atoms with Crippen LogP contribution in [0.2, 0.25) is 10.0 Å². The fourth-order valence-electron chi connectivity index (χ4n) is 3.72. The summed E-state index contributed by atoms with van der Waals surface area (Å²) in [5, 5.41) is 2.75. The second kappa shape index (κ2) is 8.46. The lowest BCUT2D eigenvalue weighted by Gasteiger charge is -2.33. The predicted octanol–water partition coefficient (Wildman–Crippen LogP) is 5.15. The van der Waals surface area contributed by atoms with Gasteiger partial charge in [0, 0.05) is 47.4 Å². The number of anilines is 1. The number of pyridine rings is 2. The zero-order valence-electron chi connectivity index (χ0n) is 17.3. The highest BCUT2D eigenvalue weighted by Gasteiger charge is 2.24. The summed E-state index contributed by atoms with van der Waals surface area (Å²) in [6.45, 7) is 6.18. The molecule has 0 radical (unpaired) electrons. The van der Waals surface area contributed by atoms with Gasteiger partial charge < -0.3 is 19.1 Å². The van der Waals surface area contributed by atoms with Gasteiger partial charge in [0.05, 0.1) is 42.7 Å². The van der Waals surface area contributed by atoms with E-state index in [4.69, 9.17) is 42.4 Å². The molecular weight excluding hydrogens is 425 g/mol. The van der Waals surface area contributed by atoms with Crippen LogP contribution < -0.4 is 14.4 Å². The van der Waals surface area contributed by atoms with Crippen LogP contribution in [0.1, 0.15) is 12.6 Å². The molecule has 30 heavy (non-hydrogen) atoms. The van der Waals surface area contributed by atoms with Gasteiger partial charge in [0.15, 0.2) is 0 Å². The Labute approximate surface area is 185 Å². The first-order valence-corrected chi connectivity index (χ1v) is 10.4. The van der Waals surface area contributed by atoms with E-state index in [1.165, 1.54) is 0 Å². The molecule has 1 saturated heterocycles. The smallest absolute Gasteiger partial charge is 0.141 e. The van der Waals surface area contributed by atoms with E-state index in [2.05, 4.69) is 22.9 Å². The maximum Gasteiger partial charge on any atom is 0.141 e. The Morgan fingerprint density at radius 3 is 2.43 bits per heavy atom. The molecule has 0 N–H and O–H groups in total. The van der Waals surface area contributed by atoms with Gasteiger partial charge in [-0.25, -0.2) is 4.98 Å². The average molecular weight is 448 g/mol. The number of hydrogen-bond acceptors (Lipinski definition) is 6. The molecule has 1 aromatic carbocycles. The fraction of sp³-hybridized carbons (Fsp3) is 0.364. The molecule has 3 heterocycles. The number of fused-ring (bicyclic) bond motifs is 1. The zero-order valence-corrected chi connectivity index (χ0v) is 18.8. The van der Waals surface area contributed by atoms with Crippen LogP contribution in [0.3, 0.4) is 0 Å². The number of halogens is 2. The summed E-state index contributed by atoms with van der Waals surface area (Å²) in [7, 11) is 3.11. The van der Waals surface area contributed by atoms with Gasteiger partial charge in [-0.3, -0.25) is 4.98 Å². The van der Waals surface area contributed by atoms with E-state index in [1.807, 2.05) is 19.2 Å². The summed E-state index contributed by atoms with van der Waals surface area (Å²) in [5.41, 5.74) is 2.13. The third-order valence-electron chi connectivity index (χ3n) is 5.20. The van der Waals surface area contributed by atoms with Crippen LogP contribution in [0.5, 0.6) is 11.5 Å². The van der Waals surface area contributed by atoms with Crippen molar-refractivity contribution in [3.63, 3.8) is 0 Å². The molecule has 0 amide bonds. The molecule has 1 aliphatic rings. The number of methoxy groups -OCH3 is 2. The Balaban J connectivity index is 1.98. The Morgan fingerprint density at radius 2 is 1.80 bits per heavy atom. The van der Waals surface area contributed by atoms with Gasteiger partial charge in [0.1, 0.15) is 17.3 Å². The topological polar surface area (TPSA) is 56.7 Å². The number of ether oxygens (including phenoxy) is 3. The average Bonchev–Trinajstić information content (AvgIpc) is 2.73. The third-order valence-corrected chi connectivity index (χ3v) is 5.95. The van der Waals surface area contributed by atoms with Crippen LogP contribution >= 0.6 is 23.2 Å². The lowest BCUT2D eigenvalue weighted by Crippen LogP contribution is -2.41. The minimum absolute atomic E-state index is 0.117. The molecule has 1 unspecified atom stereocenters. The molecule has 3 aromatic rings. The Bertz CT molecular complexity index is 1080. The van der Waals surface area contributed by atoms with Crippen molar-refractivity contribution in [2.24, 2.45) is 0 Å². The van der Waals surface area contributed by atoms with E-state index >= 15 is 0 Å². The Hall–Kier alpha value is -2.28. The molecule has 0 aliphatic carbocycles. The van der Waals surface area contributed by atoms with Gasteiger partial charge in [-0.1, -0.05) is 23.2 Å². The molecule has 158 valence electrons. The third kappa shape index (κ3) is 3.75. The van der Waals surface area contributed by atoms with Crippen molar-refractivity contribution in [3.8, 4) is 22.8 Å². The van der Waals surface area contributed by atoms with Gasteiger partial charge >= 0.3 is 0 Å². The standard InChI is InChI=1S/C22H23Cl2N3O3/c1-12-7-15-14(10-25-12)8-16(26-22(15)27-5-6-30-13(2)11-27)19-20(23)17(28-3)9-18(29-4)21(19)24/h7-10,13H,5-6,11H2,1-4H3.